The number of amides is 1. The number of rotatable bonds is 2. The third-order valence-corrected chi connectivity index (χ3v) is 5.17. The summed E-state index contributed by atoms with van der Waals surface area (Å²) in [6.45, 7) is 5.03. The smallest absolute Gasteiger partial charge is 0.254 e. The first-order chi connectivity index (χ1) is 12.0. The van der Waals surface area contributed by atoms with E-state index < -0.39 is 0 Å². The molecule has 5 heteroatoms. The summed E-state index contributed by atoms with van der Waals surface area (Å²) < 4.78 is 1.72. The van der Waals surface area contributed by atoms with Gasteiger partial charge in [0, 0.05) is 19.2 Å². The van der Waals surface area contributed by atoms with E-state index in [4.69, 9.17) is 0 Å². The molecule has 2 aromatic carbocycles. The highest BCUT2D eigenvalue weighted by atomic mass is 16.2. The molecule has 1 amide bonds. The second-order valence-electron chi connectivity index (χ2n) is 6.93. The third kappa shape index (κ3) is 2.69. The molecule has 1 aliphatic rings. The van der Waals surface area contributed by atoms with Crippen LogP contribution in [0.3, 0.4) is 0 Å². The lowest BCUT2D eigenvalue weighted by molar-refractivity contribution is 0.0735. The van der Waals surface area contributed by atoms with Crippen molar-refractivity contribution in [3.05, 3.63) is 58.7 Å². The quantitative estimate of drug-likeness (QED) is 0.720. The van der Waals surface area contributed by atoms with Crippen molar-refractivity contribution in [2.75, 3.05) is 6.54 Å². The highest BCUT2D eigenvalue weighted by Crippen LogP contribution is 2.35. The minimum absolute atomic E-state index is 0.0796. The van der Waals surface area contributed by atoms with Crippen LogP contribution in [0.4, 0.5) is 0 Å². The van der Waals surface area contributed by atoms with Gasteiger partial charge >= 0.3 is 0 Å². The van der Waals surface area contributed by atoms with Crippen LogP contribution in [-0.2, 0) is 7.05 Å². The van der Waals surface area contributed by atoms with Crippen molar-refractivity contribution in [2.24, 2.45) is 7.05 Å². The summed E-state index contributed by atoms with van der Waals surface area (Å²) in [6.07, 6.45) is 2.06. The molecule has 2 heterocycles. The number of aryl methyl sites for hydroxylation is 3. The zero-order chi connectivity index (χ0) is 17.6. The van der Waals surface area contributed by atoms with Crippen LogP contribution >= 0.6 is 0 Å². The topological polar surface area (TPSA) is 51.0 Å². The standard InChI is InChI=1S/C20H22N4O/c1-13-6-7-14(2)16(11-13)18-5-4-10-24(18)20(25)15-8-9-19-17(12-15)21-22-23(19)3/h6-9,11-12,18H,4-5,10H2,1-3H3. The molecule has 0 saturated carbocycles. The zero-order valence-electron chi connectivity index (χ0n) is 14.9. The molecular weight excluding hydrogens is 312 g/mol. The Morgan fingerprint density at radius 1 is 1.16 bits per heavy atom. The number of fused-ring (bicyclic) bond motifs is 1. The van der Waals surface area contributed by atoms with Crippen molar-refractivity contribution in [1.29, 1.82) is 0 Å². The molecule has 0 radical (unpaired) electrons. The van der Waals surface area contributed by atoms with Gasteiger partial charge in [-0.15, -0.1) is 5.10 Å². The molecule has 0 spiro atoms. The monoisotopic (exact) mass is 334 g/mol. The summed E-state index contributed by atoms with van der Waals surface area (Å²) in [5.74, 6) is 0.0796. The van der Waals surface area contributed by atoms with Crippen LogP contribution in [0.2, 0.25) is 0 Å². The van der Waals surface area contributed by atoms with E-state index in [-0.39, 0.29) is 11.9 Å². The Bertz CT molecular complexity index is 959. The van der Waals surface area contributed by atoms with Crippen LogP contribution in [0, 0.1) is 13.8 Å². The number of aromatic nitrogens is 3. The van der Waals surface area contributed by atoms with Crippen LogP contribution in [0.25, 0.3) is 11.0 Å². The lowest BCUT2D eigenvalue weighted by Gasteiger charge is -2.26. The van der Waals surface area contributed by atoms with E-state index in [1.54, 1.807) is 4.68 Å². The number of carbonyl (C=O) groups is 1. The molecule has 3 aromatic rings. The van der Waals surface area contributed by atoms with E-state index in [9.17, 15) is 4.79 Å². The number of likely N-dealkylation sites (tertiary alicyclic amines) is 1. The molecule has 1 atom stereocenters. The molecule has 0 bridgehead atoms. The Morgan fingerprint density at radius 3 is 2.84 bits per heavy atom. The van der Waals surface area contributed by atoms with Gasteiger partial charge in [0.2, 0.25) is 0 Å². The Balaban J connectivity index is 1.69. The van der Waals surface area contributed by atoms with Gasteiger partial charge in [-0.25, -0.2) is 4.68 Å². The van der Waals surface area contributed by atoms with Crippen LogP contribution < -0.4 is 0 Å². The maximum atomic E-state index is 13.1. The van der Waals surface area contributed by atoms with Gasteiger partial charge in [-0.1, -0.05) is 29.0 Å². The Morgan fingerprint density at radius 2 is 2.00 bits per heavy atom. The SMILES string of the molecule is Cc1ccc(C)c(C2CCCN2C(=O)c2ccc3c(c2)nnn3C)c1. The largest absolute Gasteiger partial charge is 0.332 e. The number of benzene rings is 2. The predicted molar refractivity (Wildman–Crippen MR) is 97.4 cm³/mol. The van der Waals surface area contributed by atoms with E-state index in [0.717, 1.165) is 30.4 Å². The molecule has 25 heavy (non-hydrogen) atoms. The summed E-state index contributed by atoms with van der Waals surface area (Å²) in [5.41, 5.74) is 6.14. The van der Waals surface area contributed by atoms with Gasteiger partial charge < -0.3 is 4.90 Å². The number of hydrogen-bond donors (Lipinski definition) is 0. The first-order valence-electron chi connectivity index (χ1n) is 8.72. The molecule has 1 saturated heterocycles. The maximum absolute atomic E-state index is 13.1. The summed E-state index contributed by atoms with van der Waals surface area (Å²) in [5, 5.41) is 8.15. The minimum atomic E-state index is 0.0796. The summed E-state index contributed by atoms with van der Waals surface area (Å²) in [4.78, 5) is 15.2. The van der Waals surface area contributed by atoms with E-state index in [0.29, 0.717) is 5.56 Å². The van der Waals surface area contributed by atoms with Crippen LogP contribution in [-0.4, -0.2) is 32.3 Å². The van der Waals surface area contributed by atoms with Gasteiger partial charge in [0.25, 0.3) is 5.91 Å². The minimum Gasteiger partial charge on any atom is -0.332 e. The second kappa shape index (κ2) is 5.99. The fraction of sp³-hybridized carbons (Fsp3) is 0.350. The molecule has 1 unspecified atom stereocenters. The van der Waals surface area contributed by atoms with Gasteiger partial charge in [0.05, 0.1) is 11.6 Å². The fourth-order valence-corrected chi connectivity index (χ4v) is 3.79. The maximum Gasteiger partial charge on any atom is 0.254 e. The summed E-state index contributed by atoms with van der Waals surface area (Å²) in [6, 6.07) is 12.3. The Kier molecular flexibility index (Phi) is 3.79. The number of carbonyl (C=O) groups excluding carboxylic acids is 1. The molecule has 4 rings (SSSR count). The van der Waals surface area contributed by atoms with Crippen molar-refractivity contribution in [2.45, 2.75) is 32.7 Å². The molecule has 0 N–H and O–H groups in total. The molecule has 5 nitrogen and oxygen atoms in total. The predicted octanol–water partition coefficient (Wildman–Crippen LogP) is 3.56. The lowest BCUT2D eigenvalue weighted by Crippen LogP contribution is -2.31. The lowest BCUT2D eigenvalue weighted by atomic mass is 9.97. The zero-order valence-corrected chi connectivity index (χ0v) is 14.9. The normalized spacial score (nSPS) is 17.4. The van der Waals surface area contributed by atoms with Gasteiger partial charge in [-0.05, 0) is 56.0 Å². The molecule has 1 aliphatic heterocycles. The number of nitrogens with zero attached hydrogens (tertiary/aromatic N) is 4. The van der Waals surface area contributed by atoms with Crippen LogP contribution in [0.15, 0.2) is 36.4 Å². The molecule has 128 valence electrons. The van der Waals surface area contributed by atoms with E-state index in [1.807, 2.05) is 30.1 Å². The molecule has 1 aromatic heterocycles. The van der Waals surface area contributed by atoms with Crippen molar-refractivity contribution < 1.29 is 4.79 Å². The van der Waals surface area contributed by atoms with Crippen molar-refractivity contribution in [3.63, 3.8) is 0 Å². The second-order valence-corrected chi connectivity index (χ2v) is 6.93. The average Bonchev–Trinajstić information content (AvgIpc) is 3.23. The third-order valence-electron chi connectivity index (χ3n) is 5.17. The van der Waals surface area contributed by atoms with Crippen LogP contribution in [0.1, 0.15) is 45.9 Å². The average molecular weight is 334 g/mol. The van der Waals surface area contributed by atoms with Gasteiger partial charge in [0.15, 0.2) is 0 Å². The van der Waals surface area contributed by atoms with Gasteiger partial charge in [-0.3, -0.25) is 4.79 Å². The molecule has 1 fully saturated rings. The summed E-state index contributed by atoms with van der Waals surface area (Å²) in [7, 11) is 1.86. The van der Waals surface area contributed by atoms with Gasteiger partial charge in [0.1, 0.15) is 5.52 Å². The first kappa shape index (κ1) is 15.8. The fourth-order valence-electron chi connectivity index (χ4n) is 3.79. The molecule has 0 aliphatic carbocycles. The van der Waals surface area contributed by atoms with Crippen molar-refractivity contribution >= 4 is 16.9 Å². The van der Waals surface area contributed by atoms with Crippen LogP contribution in [0.5, 0.6) is 0 Å². The Hall–Kier alpha value is -2.69. The molecular formula is C20H22N4O. The first-order valence-corrected chi connectivity index (χ1v) is 8.72. The Labute approximate surface area is 147 Å². The van der Waals surface area contributed by atoms with E-state index in [1.165, 1.54) is 16.7 Å². The highest BCUT2D eigenvalue weighted by molar-refractivity contribution is 5.97. The highest BCUT2D eigenvalue weighted by Gasteiger charge is 2.31. The van der Waals surface area contributed by atoms with Gasteiger partial charge in [-0.2, -0.15) is 0 Å². The van der Waals surface area contributed by atoms with Crippen molar-refractivity contribution in [1.82, 2.24) is 19.9 Å². The number of hydrogen-bond acceptors (Lipinski definition) is 3. The van der Waals surface area contributed by atoms with E-state index >= 15 is 0 Å². The van der Waals surface area contributed by atoms with E-state index in [2.05, 4.69) is 42.4 Å². The van der Waals surface area contributed by atoms with Crippen molar-refractivity contribution in [3.8, 4) is 0 Å². The summed E-state index contributed by atoms with van der Waals surface area (Å²) >= 11 is 0.